The number of hydrogen-bond donors (Lipinski definition) is 2. The molecule has 2 amide bonds. The van der Waals surface area contributed by atoms with E-state index in [0.717, 1.165) is 23.6 Å². The van der Waals surface area contributed by atoms with Gasteiger partial charge < -0.3 is 15.4 Å². The summed E-state index contributed by atoms with van der Waals surface area (Å²) in [6.45, 7) is 4.64. The van der Waals surface area contributed by atoms with E-state index >= 15 is 0 Å². The number of rotatable bonds is 6. The molecule has 0 saturated carbocycles. The van der Waals surface area contributed by atoms with Crippen LogP contribution in [0.15, 0.2) is 36.4 Å². The van der Waals surface area contributed by atoms with E-state index in [0.29, 0.717) is 18.7 Å². The van der Waals surface area contributed by atoms with Gasteiger partial charge in [-0.25, -0.2) is 4.79 Å². The highest BCUT2D eigenvalue weighted by atomic mass is 16.5. The average Bonchev–Trinajstić information content (AvgIpc) is 3.24. The number of nitrogens with zero attached hydrogens (tertiary/aromatic N) is 3. The van der Waals surface area contributed by atoms with Gasteiger partial charge in [-0.05, 0) is 44.5 Å². The largest absolute Gasteiger partial charge is 0.497 e. The van der Waals surface area contributed by atoms with E-state index < -0.39 is 0 Å². The lowest BCUT2D eigenvalue weighted by molar-refractivity contribution is 0.250. The number of carbonyl (C=O) groups is 1. The molecule has 0 spiro atoms. The van der Waals surface area contributed by atoms with Gasteiger partial charge in [-0.15, -0.1) is 0 Å². The predicted octanol–water partition coefficient (Wildman–Crippen LogP) is 3.66. The predicted molar refractivity (Wildman–Crippen MR) is 107 cm³/mol. The van der Waals surface area contributed by atoms with Crippen LogP contribution < -0.4 is 15.4 Å². The number of nitriles is 1. The number of benzene rings is 1. The first-order chi connectivity index (χ1) is 13.5. The lowest BCUT2D eigenvalue weighted by Gasteiger charge is -2.15. The average molecular weight is 379 g/mol. The molecule has 28 heavy (non-hydrogen) atoms. The molecular formula is C21H25N5O2. The first-order valence-electron chi connectivity index (χ1n) is 9.32. The standard InChI is InChI=1S/C21H25N5O2/c1-14-20(15(2)26(25-14)12-4-11-22)16-5-6-18(13-16)24-21(27)23-17-7-9-19(28-3)10-8-17/h5-10,16,18H,4,12-13H2,1-3H3,(H2,23,24,27). The summed E-state index contributed by atoms with van der Waals surface area (Å²) in [7, 11) is 1.61. The van der Waals surface area contributed by atoms with E-state index in [4.69, 9.17) is 10.00 Å². The molecule has 3 rings (SSSR count). The number of allylic oxidation sites excluding steroid dienone is 1. The van der Waals surface area contributed by atoms with Gasteiger partial charge in [0.2, 0.25) is 0 Å². The third-order valence-electron chi connectivity index (χ3n) is 4.99. The lowest BCUT2D eigenvalue weighted by Crippen LogP contribution is -2.36. The lowest BCUT2D eigenvalue weighted by atomic mass is 9.96. The van der Waals surface area contributed by atoms with Crippen LogP contribution in [-0.2, 0) is 6.54 Å². The molecule has 0 radical (unpaired) electrons. The molecule has 0 aliphatic heterocycles. The second-order valence-electron chi connectivity index (χ2n) is 6.88. The zero-order chi connectivity index (χ0) is 20.1. The van der Waals surface area contributed by atoms with Crippen molar-refractivity contribution in [3.63, 3.8) is 0 Å². The van der Waals surface area contributed by atoms with Crippen LogP contribution in [0.5, 0.6) is 5.75 Å². The zero-order valence-corrected chi connectivity index (χ0v) is 16.4. The quantitative estimate of drug-likeness (QED) is 0.749. The van der Waals surface area contributed by atoms with Gasteiger partial charge in [0, 0.05) is 28.9 Å². The van der Waals surface area contributed by atoms with Crippen LogP contribution in [0.25, 0.3) is 0 Å². The highest BCUT2D eigenvalue weighted by Crippen LogP contribution is 2.33. The Balaban J connectivity index is 1.58. The Morgan fingerprint density at radius 3 is 2.75 bits per heavy atom. The van der Waals surface area contributed by atoms with Crippen LogP contribution in [0.2, 0.25) is 0 Å². The molecule has 1 heterocycles. The monoisotopic (exact) mass is 379 g/mol. The van der Waals surface area contributed by atoms with Gasteiger partial charge in [-0.2, -0.15) is 10.4 Å². The molecule has 7 heteroatoms. The Labute approximate surface area is 165 Å². The maximum atomic E-state index is 12.3. The van der Waals surface area contributed by atoms with Gasteiger partial charge in [-0.1, -0.05) is 12.2 Å². The molecule has 146 valence electrons. The number of anilines is 1. The third kappa shape index (κ3) is 4.34. The summed E-state index contributed by atoms with van der Waals surface area (Å²) in [5.41, 5.74) is 3.97. The van der Waals surface area contributed by atoms with E-state index in [-0.39, 0.29) is 18.0 Å². The molecule has 0 saturated heterocycles. The number of amides is 2. The van der Waals surface area contributed by atoms with Crippen LogP contribution in [0.1, 0.15) is 35.7 Å². The molecule has 1 aliphatic rings. The van der Waals surface area contributed by atoms with Crippen molar-refractivity contribution in [1.29, 1.82) is 5.26 Å². The number of methoxy groups -OCH3 is 1. The topological polar surface area (TPSA) is 92.0 Å². The Hall–Kier alpha value is -3.27. The smallest absolute Gasteiger partial charge is 0.319 e. The number of carbonyl (C=O) groups excluding carboxylic acids is 1. The van der Waals surface area contributed by atoms with Gasteiger partial charge in [0.15, 0.2) is 0 Å². The van der Waals surface area contributed by atoms with Crippen molar-refractivity contribution in [2.45, 2.75) is 45.2 Å². The summed E-state index contributed by atoms with van der Waals surface area (Å²) in [5.74, 6) is 0.954. The molecule has 0 fully saturated rings. The SMILES string of the molecule is COc1ccc(NC(=O)NC2C=CC(c3c(C)nn(CCC#N)c3C)C2)cc1. The molecule has 7 nitrogen and oxygen atoms in total. The fourth-order valence-electron chi connectivity index (χ4n) is 3.65. The van der Waals surface area contributed by atoms with Crippen molar-refractivity contribution in [3.05, 3.63) is 53.4 Å². The van der Waals surface area contributed by atoms with Crippen molar-refractivity contribution in [1.82, 2.24) is 15.1 Å². The summed E-state index contributed by atoms with van der Waals surface area (Å²) in [5, 5.41) is 19.2. The molecule has 0 bridgehead atoms. The Bertz CT molecular complexity index is 908. The van der Waals surface area contributed by atoms with Gasteiger partial charge in [0.1, 0.15) is 5.75 Å². The van der Waals surface area contributed by atoms with Crippen LogP contribution >= 0.6 is 0 Å². The third-order valence-corrected chi connectivity index (χ3v) is 4.99. The van der Waals surface area contributed by atoms with Crippen LogP contribution in [-0.4, -0.2) is 29.0 Å². The zero-order valence-electron chi connectivity index (χ0n) is 16.4. The molecule has 2 unspecified atom stereocenters. The van der Waals surface area contributed by atoms with Crippen molar-refractivity contribution in [2.24, 2.45) is 0 Å². The van der Waals surface area contributed by atoms with E-state index in [1.807, 2.05) is 24.6 Å². The first kappa shape index (κ1) is 19.5. The molecule has 2 N–H and O–H groups in total. The number of urea groups is 1. The Morgan fingerprint density at radius 1 is 1.32 bits per heavy atom. The van der Waals surface area contributed by atoms with E-state index in [9.17, 15) is 4.79 Å². The summed E-state index contributed by atoms with van der Waals surface area (Å²) >= 11 is 0. The summed E-state index contributed by atoms with van der Waals surface area (Å²) in [6, 6.07) is 9.09. The maximum Gasteiger partial charge on any atom is 0.319 e. The van der Waals surface area contributed by atoms with Crippen LogP contribution in [0.3, 0.4) is 0 Å². The molecule has 1 aliphatic carbocycles. The van der Waals surface area contributed by atoms with E-state index in [2.05, 4.69) is 27.9 Å². The number of aromatic nitrogens is 2. The second kappa shape index (κ2) is 8.61. The molecule has 2 aromatic rings. The van der Waals surface area contributed by atoms with Crippen LogP contribution in [0.4, 0.5) is 10.5 Å². The van der Waals surface area contributed by atoms with E-state index in [1.165, 1.54) is 5.56 Å². The van der Waals surface area contributed by atoms with Crippen molar-refractivity contribution in [3.8, 4) is 11.8 Å². The highest BCUT2D eigenvalue weighted by Gasteiger charge is 2.26. The number of aryl methyl sites for hydroxylation is 2. The maximum absolute atomic E-state index is 12.3. The second-order valence-corrected chi connectivity index (χ2v) is 6.88. The van der Waals surface area contributed by atoms with Gasteiger partial charge in [0.25, 0.3) is 0 Å². The fraction of sp³-hybridized carbons (Fsp3) is 0.381. The Morgan fingerprint density at radius 2 is 2.07 bits per heavy atom. The van der Waals surface area contributed by atoms with Gasteiger partial charge in [-0.3, -0.25) is 4.68 Å². The van der Waals surface area contributed by atoms with E-state index in [1.54, 1.807) is 31.4 Å². The molecule has 1 aromatic heterocycles. The summed E-state index contributed by atoms with van der Waals surface area (Å²) in [6.07, 6.45) is 5.40. The normalized spacial score (nSPS) is 17.9. The van der Waals surface area contributed by atoms with Gasteiger partial charge >= 0.3 is 6.03 Å². The minimum absolute atomic E-state index is 0.0375. The highest BCUT2D eigenvalue weighted by molar-refractivity contribution is 5.89. The number of ether oxygens (including phenoxy) is 1. The molecule has 1 aromatic carbocycles. The van der Waals surface area contributed by atoms with Crippen molar-refractivity contribution >= 4 is 11.7 Å². The molecular weight excluding hydrogens is 354 g/mol. The van der Waals surface area contributed by atoms with Crippen molar-refractivity contribution in [2.75, 3.05) is 12.4 Å². The summed E-state index contributed by atoms with van der Waals surface area (Å²) in [4.78, 5) is 12.3. The number of nitrogens with one attached hydrogen (secondary N) is 2. The fourth-order valence-corrected chi connectivity index (χ4v) is 3.65. The first-order valence-corrected chi connectivity index (χ1v) is 9.32. The minimum atomic E-state index is -0.237. The van der Waals surface area contributed by atoms with Crippen LogP contribution in [0, 0.1) is 25.2 Å². The number of hydrogen-bond acceptors (Lipinski definition) is 4. The van der Waals surface area contributed by atoms with Gasteiger partial charge in [0.05, 0.1) is 31.8 Å². The van der Waals surface area contributed by atoms with Crippen molar-refractivity contribution < 1.29 is 9.53 Å². The molecule has 2 atom stereocenters. The minimum Gasteiger partial charge on any atom is -0.497 e. The Kier molecular flexibility index (Phi) is 5.99. The summed E-state index contributed by atoms with van der Waals surface area (Å²) < 4.78 is 7.02.